The number of rotatable bonds is 4. The third-order valence-electron chi connectivity index (χ3n) is 3.29. The van der Waals surface area contributed by atoms with Gasteiger partial charge in [0.05, 0.1) is 23.1 Å². The Kier molecular flexibility index (Phi) is 4.72. The lowest BCUT2D eigenvalue weighted by Gasteiger charge is -2.09. The molecule has 0 bridgehead atoms. The summed E-state index contributed by atoms with van der Waals surface area (Å²) in [4.78, 5) is 19.1. The lowest BCUT2D eigenvalue weighted by atomic mass is 10.1. The Bertz CT molecular complexity index is 795. The summed E-state index contributed by atoms with van der Waals surface area (Å²) in [6.45, 7) is 3.54. The standard InChI is InChI=1S/C15H15F3N4O2/c1-8(2)13-9(14(23)24)6-19-12(21-13)5-4-11-10(15(16,17)18)7-20-22(11)3/h4-8H,1-3H3,(H,23,24)/b5-4+. The molecule has 9 heteroatoms. The number of aromatic carboxylic acids is 1. The number of aryl methyl sites for hydroxylation is 1. The van der Waals surface area contributed by atoms with Crippen LogP contribution in [0.2, 0.25) is 0 Å². The van der Waals surface area contributed by atoms with Gasteiger partial charge in [-0.15, -0.1) is 0 Å². The number of hydrogen-bond acceptors (Lipinski definition) is 4. The predicted molar refractivity (Wildman–Crippen MR) is 80.2 cm³/mol. The van der Waals surface area contributed by atoms with E-state index < -0.39 is 17.7 Å². The zero-order valence-corrected chi connectivity index (χ0v) is 13.2. The molecule has 0 aliphatic heterocycles. The fourth-order valence-corrected chi connectivity index (χ4v) is 2.11. The molecule has 24 heavy (non-hydrogen) atoms. The van der Waals surface area contributed by atoms with Gasteiger partial charge in [0, 0.05) is 13.2 Å². The number of carboxylic acid groups (broad SMARTS) is 1. The normalized spacial score (nSPS) is 12.3. The number of halogens is 3. The van der Waals surface area contributed by atoms with Crippen LogP contribution in [0.15, 0.2) is 12.4 Å². The molecule has 0 unspecified atom stereocenters. The van der Waals surface area contributed by atoms with Crippen molar-refractivity contribution < 1.29 is 23.1 Å². The SMILES string of the molecule is CC(C)c1nc(/C=C/c2c(C(F)(F)F)cnn2C)ncc1C(=O)O. The maximum absolute atomic E-state index is 12.9. The highest BCUT2D eigenvalue weighted by Crippen LogP contribution is 2.32. The first kappa shape index (κ1) is 17.6. The van der Waals surface area contributed by atoms with Crippen molar-refractivity contribution in [3.05, 3.63) is 40.7 Å². The second-order valence-corrected chi connectivity index (χ2v) is 5.39. The maximum atomic E-state index is 12.9. The Labute approximate surface area is 135 Å². The average Bonchev–Trinajstić information content (AvgIpc) is 2.85. The third-order valence-corrected chi connectivity index (χ3v) is 3.29. The molecule has 0 aliphatic carbocycles. The Morgan fingerprint density at radius 3 is 2.50 bits per heavy atom. The van der Waals surface area contributed by atoms with Gasteiger partial charge in [-0.25, -0.2) is 14.8 Å². The van der Waals surface area contributed by atoms with Crippen LogP contribution in [0.4, 0.5) is 13.2 Å². The van der Waals surface area contributed by atoms with Gasteiger partial charge < -0.3 is 5.11 Å². The highest BCUT2D eigenvalue weighted by Gasteiger charge is 2.35. The number of hydrogen-bond donors (Lipinski definition) is 1. The third kappa shape index (κ3) is 3.61. The fourth-order valence-electron chi connectivity index (χ4n) is 2.11. The summed E-state index contributed by atoms with van der Waals surface area (Å²) in [7, 11) is 1.39. The van der Waals surface area contributed by atoms with E-state index in [4.69, 9.17) is 5.11 Å². The second kappa shape index (κ2) is 6.42. The van der Waals surface area contributed by atoms with Crippen LogP contribution in [0.1, 0.15) is 52.9 Å². The van der Waals surface area contributed by atoms with Crippen LogP contribution >= 0.6 is 0 Å². The van der Waals surface area contributed by atoms with Gasteiger partial charge in [-0.1, -0.05) is 13.8 Å². The van der Waals surface area contributed by atoms with Crippen LogP contribution in [-0.2, 0) is 13.2 Å². The molecule has 1 N–H and O–H groups in total. The van der Waals surface area contributed by atoms with Gasteiger partial charge >= 0.3 is 12.1 Å². The molecule has 2 aromatic rings. The van der Waals surface area contributed by atoms with Crippen LogP contribution in [0.25, 0.3) is 12.2 Å². The zero-order chi connectivity index (χ0) is 18.1. The topological polar surface area (TPSA) is 80.9 Å². The summed E-state index contributed by atoms with van der Waals surface area (Å²) >= 11 is 0. The van der Waals surface area contributed by atoms with Crippen molar-refractivity contribution in [2.24, 2.45) is 7.05 Å². The van der Waals surface area contributed by atoms with E-state index in [-0.39, 0.29) is 23.0 Å². The Morgan fingerprint density at radius 1 is 1.29 bits per heavy atom. The molecular formula is C15H15F3N4O2. The highest BCUT2D eigenvalue weighted by molar-refractivity contribution is 5.88. The van der Waals surface area contributed by atoms with Gasteiger partial charge in [-0.3, -0.25) is 4.68 Å². The molecule has 0 spiro atoms. The summed E-state index contributed by atoms with van der Waals surface area (Å²) in [6, 6.07) is 0. The van der Waals surface area contributed by atoms with Crippen LogP contribution in [0.3, 0.4) is 0 Å². The minimum atomic E-state index is -4.52. The fraction of sp³-hybridized carbons (Fsp3) is 0.333. The van der Waals surface area contributed by atoms with Crippen LogP contribution in [0, 0.1) is 0 Å². The van der Waals surface area contributed by atoms with Gasteiger partial charge in [-0.05, 0) is 18.1 Å². The lowest BCUT2D eigenvalue weighted by molar-refractivity contribution is -0.137. The molecule has 0 radical (unpaired) electrons. The van der Waals surface area contributed by atoms with E-state index >= 15 is 0 Å². The number of alkyl halides is 3. The van der Waals surface area contributed by atoms with Crippen molar-refractivity contribution >= 4 is 18.1 Å². The van der Waals surface area contributed by atoms with Crippen molar-refractivity contribution in [3.63, 3.8) is 0 Å². The number of carbonyl (C=O) groups is 1. The van der Waals surface area contributed by atoms with Gasteiger partial charge in [0.1, 0.15) is 5.56 Å². The molecule has 2 rings (SSSR count). The van der Waals surface area contributed by atoms with E-state index in [1.54, 1.807) is 13.8 Å². The molecule has 0 fully saturated rings. The molecule has 0 saturated heterocycles. The van der Waals surface area contributed by atoms with Crippen molar-refractivity contribution in [1.29, 1.82) is 0 Å². The average molecular weight is 340 g/mol. The van der Waals surface area contributed by atoms with Crippen LogP contribution in [-0.4, -0.2) is 30.8 Å². The van der Waals surface area contributed by atoms with Gasteiger partial charge in [0.25, 0.3) is 0 Å². The molecule has 0 aliphatic rings. The smallest absolute Gasteiger partial charge is 0.420 e. The number of nitrogens with zero attached hydrogens (tertiary/aromatic N) is 4. The van der Waals surface area contributed by atoms with Crippen molar-refractivity contribution in [2.75, 3.05) is 0 Å². The summed E-state index contributed by atoms with van der Waals surface area (Å²) in [6.07, 6.45) is -0.129. The van der Waals surface area contributed by atoms with E-state index in [0.717, 1.165) is 17.1 Å². The first-order valence-electron chi connectivity index (χ1n) is 6.98. The Balaban J connectivity index is 2.42. The summed E-state index contributed by atoms with van der Waals surface area (Å²) in [5.41, 5.74) is -0.719. The minimum absolute atomic E-state index is 0.0290. The Hall–Kier alpha value is -2.71. The molecule has 2 heterocycles. The predicted octanol–water partition coefficient (Wildman–Crippen LogP) is 3.22. The maximum Gasteiger partial charge on any atom is 0.420 e. The number of carboxylic acids is 1. The molecule has 2 aromatic heterocycles. The van der Waals surface area contributed by atoms with Crippen molar-refractivity contribution in [1.82, 2.24) is 19.7 Å². The van der Waals surface area contributed by atoms with Crippen molar-refractivity contribution in [2.45, 2.75) is 25.9 Å². The van der Waals surface area contributed by atoms with Crippen LogP contribution in [0.5, 0.6) is 0 Å². The van der Waals surface area contributed by atoms with Gasteiger partial charge in [0.15, 0.2) is 5.82 Å². The van der Waals surface area contributed by atoms with E-state index in [0.29, 0.717) is 5.69 Å². The van der Waals surface area contributed by atoms with Gasteiger partial charge in [0.2, 0.25) is 0 Å². The first-order chi connectivity index (χ1) is 11.1. The molecule has 0 amide bonds. The molecule has 0 saturated carbocycles. The molecular weight excluding hydrogens is 325 g/mol. The molecule has 0 atom stereocenters. The highest BCUT2D eigenvalue weighted by atomic mass is 19.4. The second-order valence-electron chi connectivity index (χ2n) is 5.39. The molecule has 6 nitrogen and oxygen atoms in total. The summed E-state index contributed by atoms with van der Waals surface area (Å²) in [5.74, 6) is -1.20. The largest absolute Gasteiger partial charge is 0.478 e. The zero-order valence-electron chi connectivity index (χ0n) is 13.2. The molecule has 0 aromatic carbocycles. The lowest BCUT2D eigenvalue weighted by Crippen LogP contribution is -2.09. The molecule has 128 valence electrons. The summed E-state index contributed by atoms with van der Waals surface area (Å²) < 4.78 is 39.8. The van der Waals surface area contributed by atoms with Crippen LogP contribution < -0.4 is 0 Å². The van der Waals surface area contributed by atoms with E-state index in [9.17, 15) is 18.0 Å². The Morgan fingerprint density at radius 2 is 1.96 bits per heavy atom. The van der Waals surface area contributed by atoms with E-state index in [2.05, 4.69) is 15.1 Å². The first-order valence-corrected chi connectivity index (χ1v) is 6.98. The van der Waals surface area contributed by atoms with Gasteiger partial charge in [-0.2, -0.15) is 18.3 Å². The number of aromatic nitrogens is 4. The quantitative estimate of drug-likeness (QED) is 0.924. The summed E-state index contributed by atoms with van der Waals surface area (Å²) in [5, 5.41) is 12.7. The van der Waals surface area contributed by atoms with Crippen molar-refractivity contribution in [3.8, 4) is 0 Å². The van der Waals surface area contributed by atoms with E-state index in [1.165, 1.54) is 19.2 Å². The van der Waals surface area contributed by atoms with E-state index in [1.807, 2.05) is 0 Å². The minimum Gasteiger partial charge on any atom is -0.478 e. The monoisotopic (exact) mass is 340 g/mol.